The average molecular weight is 472 g/mol. The van der Waals surface area contributed by atoms with Crippen LogP contribution in [0.5, 0.6) is 0 Å². The van der Waals surface area contributed by atoms with E-state index in [1.54, 1.807) is 25.4 Å². The molecule has 0 spiro atoms. The fourth-order valence-electron chi connectivity index (χ4n) is 2.37. The summed E-state index contributed by atoms with van der Waals surface area (Å²) in [5.41, 5.74) is 1.71. The molecule has 0 fully saturated rings. The number of rotatable bonds is 6. The van der Waals surface area contributed by atoms with Crippen LogP contribution in [0.3, 0.4) is 0 Å². The molecule has 1 amide bonds. The number of amides is 1. The van der Waals surface area contributed by atoms with Crippen LogP contribution < -0.4 is 10.6 Å². The Kier molecular flexibility index (Phi) is 9.51. The lowest BCUT2D eigenvalue weighted by Crippen LogP contribution is -2.39. The molecular weight excluding hydrogens is 447 g/mol. The predicted molar refractivity (Wildman–Crippen MR) is 116 cm³/mol. The third-order valence-electron chi connectivity index (χ3n) is 3.71. The van der Waals surface area contributed by atoms with E-state index in [-0.39, 0.29) is 29.9 Å². The Labute approximate surface area is 170 Å². The summed E-state index contributed by atoms with van der Waals surface area (Å²) in [5, 5.41) is 8.09. The predicted octanol–water partition coefficient (Wildman–Crippen LogP) is 2.98. The molecule has 2 rings (SSSR count). The minimum atomic E-state index is -0.0747. The monoisotopic (exact) mass is 472 g/mol. The number of thiophene rings is 1. The molecule has 25 heavy (non-hydrogen) atoms. The summed E-state index contributed by atoms with van der Waals surface area (Å²) in [5.74, 6) is 0.770. The Morgan fingerprint density at radius 3 is 2.72 bits per heavy atom. The number of nitrogens with zero attached hydrogens (tertiary/aromatic N) is 2. The molecule has 7 heteroatoms. The zero-order valence-corrected chi connectivity index (χ0v) is 17.9. The second kappa shape index (κ2) is 11.1. The topological polar surface area (TPSA) is 56.7 Å². The average Bonchev–Trinajstić information content (AvgIpc) is 3.13. The van der Waals surface area contributed by atoms with Gasteiger partial charge in [0.2, 0.25) is 0 Å². The molecule has 1 heterocycles. The zero-order valence-electron chi connectivity index (χ0n) is 14.8. The van der Waals surface area contributed by atoms with Gasteiger partial charge in [-0.3, -0.25) is 9.79 Å². The second-order valence-electron chi connectivity index (χ2n) is 5.43. The van der Waals surface area contributed by atoms with E-state index in [0.717, 1.165) is 24.5 Å². The molecule has 0 bridgehead atoms. The van der Waals surface area contributed by atoms with E-state index in [2.05, 4.69) is 38.0 Å². The molecule has 0 saturated heterocycles. The highest BCUT2D eigenvalue weighted by Crippen LogP contribution is 2.09. The number of hydrogen-bond donors (Lipinski definition) is 2. The van der Waals surface area contributed by atoms with Gasteiger partial charge in [0.15, 0.2) is 5.96 Å². The fourth-order valence-corrected chi connectivity index (χ4v) is 3.07. The molecule has 0 unspecified atom stereocenters. The molecule has 0 aliphatic rings. The number of benzene rings is 1. The van der Waals surface area contributed by atoms with Crippen LogP contribution in [0, 0.1) is 0 Å². The van der Waals surface area contributed by atoms with Crippen molar-refractivity contribution in [3.63, 3.8) is 0 Å². The minimum Gasteiger partial charge on any atom is -0.355 e. The van der Waals surface area contributed by atoms with Gasteiger partial charge in [0.1, 0.15) is 0 Å². The molecule has 1 aromatic carbocycles. The summed E-state index contributed by atoms with van der Waals surface area (Å²) in [6.45, 7) is 1.53. The standard InChI is InChI=1S/C18H24N4OS.HI/c1-19-17(23)15-7-4-6-14(12-15)13-21-18(20-2)22(3)10-9-16-8-5-11-24-16;/h4-8,11-12H,9-10,13H2,1-3H3,(H,19,23)(H,20,21);1H. The van der Waals surface area contributed by atoms with Crippen LogP contribution in [-0.2, 0) is 13.0 Å². The van der Waals surface area contributed by atoms with Crippen molar-refractivity contribution >= 4 is 47.2 Å². The molecule has 0 aliphatic heterocycles. The summed E-state index contributed by atoms with van der Waals surface area (Å²) in [6, 6.07) is 11.8. The third-order valence-corrected chi connectivity index (χ3v) is 4.65. The number of carbonyl (C=O) groups excluding carboxylic acids is 1. The molecule has 0 saturated carbocycles. The van der Waals surface area contributed by atoms with Crippen LogP contribution in [0.1, 0.15) is 20.8 Å². The molecular formula is C18H25IN4OS. The van der Waals surface area contributed by atoms with Gasteiger partial charge >= 0.3 is 0 Å². The molecule has 1 aromatic heterocycles. The highest BCUT2D eigenvalue weighted by Gasteiger charge is 2.08. The highest BCUT2D eigenvalue weighted by molar-refractivity contribution is 14.0. The molecule has 0 radical (unpaired) electrons. The Morgan fingerprint density at radius 2 is 2.08 bits per heavy atom. The zero-order chi connectivity index (χ0) is 17.4. The maximum absolute atomic E-state index is 11.7. The Bertz CT molecular complexity index is 688. The number of nitrogens with one attached hydrogen (secondary N) is 2. The lowest BCUT2D eigenvalue weighted by molar-refractivity contribution is 0.0963. The van der Waals surface area contributed by atoms with Crippen molar-refractivity contribution in [3.8, 4) is 0 Å². The first kappa shape index (κ1) is 21.4. The number of halogens is 1. The van der Waals surface area contributed by atoms with Crippen molar-refractivity contribution in [1.29, 1.82) is 0 Å². The molecule has 2 N–H and O–H groups in total. The van der Waals surface area contributed by atoms with E-state index in [4.69, 9.17) is 0 Å². The van der Waals surface area contributed by atoms with Gasteiger partial charge in [-0.05, 0) is 35.6 Å². The van der Waals surface area contributed by atoms with Gasteiger partial charge in [-0.1, -0.05) is 18.2 Å². The smallest absolute Gasteiger partial charge is 0.251 e. The number of guanidine groups is 1. The Balaban J connectivity index is 0.00000312. The van der Waals surface area contributed by atoms with Crippen molar-refractivity contribution in [2.75, 3.05) is 27.7 Å². The van der Waals surface area contributed by atoms with Gasteiger partial charge in [0, 0.05) is 44.7 Å². The first-order chi connectivity index (χ1) is 11.6. The first-order valence-corrected chi connectivity index (χ1v) is 8.77. The van der Waals surface area contributed by atoms with Gasteiger partial charge in [0.25, 0.3) is 5.91 Å². The third kappa shape index (κ3) is 6.66. The van der Waals surface area contributed by atoms with Gasteiger partial charge in [-0.15, -0.1) is 35.3 Å². The lowest BCUT2D eigenvalue weighted by atomic mass is 10.1. The SMILES string of the molecule is CN=C(NCc1cccc(C(=O)NC)c1)N(C)CCc1cccs1.I. The van der Waals surface area contributed by atoms with E-state index in [1.165, 1.54) is 4.88 Å². The summed E-state index contributed by atoms with van der Waals surface area (Å²) in [6.07, 6.45) is 1.00. The number of hydrogen-bond acceptors (Lipinski definition) is 3. The molecule has 5 nitrogen and oxygen atoms in total. The Hall–Kier alpha value is -1.61. The van der Waals surface area contributed by atoms with E-state index >= 15 is 0 Å². The number of carbonyl (C=O) groups is 1. The van der Waals surface area contributed by atoms with Crippen LogP contribution in [0.4, 0.5) is 0 Å². The molecule has 2 aromatic rings. The molecule has 136 valence electrons. The molecule has 0 atom stereocenters. The van der Waals surface area contributed by atoms with Gasteiger partial charge in [0.05, 0.1) is 0 Å². The summed E-state index contributed by atoms with van der Waals surface area (Å²) in [7, 11) is 5.45. The molecule has 0 aliphatic carbocycles. The van der Waals surface area contributed by atoms with E-state index in [1.807, 2.05) is 31.3 Å². The van der Waals surface area contributed by atoms with Crippen molar-refractivity contribution in [2.45, 2.75) is 13.0 Å². The summed E-state index contributed by atoms with van der Waals surface area (Å²) in [4.78, 5) is 19.5. The van der Waals surface area contributed by atoms with Crippen molar-refractivity contribution in [2.24, 2.45) is 4.99 Å². The lowest BCUT2D eigenvalue weighted by Gasteiger charge is -2.22. The van der Waals surface area contributed by atoms with E-state index in [9.17, 15) is 4.79 Å². The van der Waals surface area contributed by atoms with Crippen LogP contribution in [-0.4, -0.2) is 44.5 Å². The van der Waals surface area contributed by atoms with Crippen LogP contribution in [0.2, 0.25) is 0 Å². The minimum absolute atomic E-state index is 0. The normalized spacial score (nSPS) is 10.8. The Morgan fingerprint density at radius 1 is 1.28 bits per heavy atom. The quantitative estimate of drug-likeness (QED) is 0.386. The summed E-state index contributed by atoms with van der Waals surface area (Å²) < 4.78 is 0. The van der Waals surface area contributed by atoms with E-state index in [0.29, 0.717) is 12.1 Å². The van der Waals surface area contributed by atoms with Gasteiger partial charge < -0.3 is 15.5 Å². The maximum atomic E-state index is 11.7. The highest BCUT2D eigenvalue weighted by atomic mass is 127. The van der Waals surface area contributed by atoms with Gasteiger partial charge in [-0.25, -0.2) is 0 Å². The van der Waals surface area contributed by atoms with Crippen LogP contribution in [0.25, 0.3) is 0 Å². The second-order valence-corrected chi connectivity index (χ2v) is 6.46. The summed E-state index contributed by atoms with van der Waals surface area (Å²) >= 11 is 1.78. The maximum Gasteiger partial charge on any atom is 0.251 e. The van der Waals surface area contributed by atoms with Crippen molar-refractivity contribution < 1.29 is 4.79 Å². The largest absolute Gasteiger partial charge is 0.355 e. The van der Waals surface area contributed by atoms with Crippen molar-refractivity contribution in [3.05, 3.63) is 57.8 Å². The van der Waals surface area contributed by atoms with Crippen molar-refractivity contribution in [1.82, 2.24) is 15.5 Å². The fraction of sp³-hybridized carbons (Fsp3) is 0.333. The number of aliphatic imine (C=N–C) groups is 1. The first-order valence-electron chi connectivity index (χ1n) is 7.89. The van der Waals surface area contributed by atoms with Crippen LogP contribution >= 0.6 is 35.3 Å². The van der Waals surface area contributed by atoms with E-state index < -0.39 is 0 Å². The number of likely N-dealkylation sites (N-methyl/N-ethyl adjacent to an activating group) is 1. The van der Waals surface area contributed by atoms with Gasteiger partial charge in [-0.2, -0.15) is 0 Å². The van der Waals surface area contributed by atoms with Crippen LogP contribution in [0.15, 0.2) is 46.8 Å².